The zero-order valence-electron chi connectivity index (χ0n) is 14.3. The van der Waals surface area contributed by atoms with E-state index in [-0.39, 0.29) is 11.8 Å². The highest BCUT2D eigenvalue weighted by Crippen LogP contribution is 2.12. The molecule has 0 aromatic heterocycles. The minimum Gasteiger partial charge on any atom is -0.351 e. The SMILES string of the molecule is Cc1cccc(NC(=O)c2cccc(C(=O)NCCN(C)C)c2)c1. The molecule has 2 rings (SSSR count). The van der Waals surface area contributed by atoms with Crippen molar-refractivity contribution < 1.29 is 9.59 Å². The van der Waals surface area contributed by atoms with Crippen molar-refractivity contribution in [2.45, 2.75) is 6.92 Å². The lowest BCUT2D eigenvalue weighted by molar-refractivity contribution is 0.0951. The first kappa shape index (κ1) is 17.7. The number of amides is 2. The van der Waals surface area contributed by atoms with Crippen molar-refractivity contribution in [3.63, 3.8) is 0 Å². The van der Waals surface area contributed by atoms with E-state index < -0.39 is 0 Å². The third-order valence-corrected chi connectivity index (χ3v) is 3.51. The first-order valence-electron chi connectivity index (χ1n) is 7.87. The molecule has 0 radical (unpaired) electrons. The summed E-state index contributed by atoms with van der Waals surface area (Å²) in [6.45, 7) is 3.29. The molecule has 2 N–H and O–H groups in total. The number of likely N-dealkylation sites (N-methyl/N-ethyl adjacent to an activating group) is 1. The van der Waals surface area contributed by atoms with Gasteiger partial charge in [-0.05, 0) is 56.9 Å². The van der Waals surface area contributed by atoms with Gasteiger partial charge < -0.3 is 15.5 Å². The number of nitrogens with zero attached hydrogens (tertiary/aromatic N) is 1. The first-order chi connectivity index (χ1) is 11.5. The monoisotopic (exact) mass is 325 g/mol. The summed E-state index contributed by atoms with van der Waals surface area (Å²) in [5, 5.41) is 5.69. The molecular weight excluding hydrogens is 302 g/mol. The van der Waals surface area contributed by atoms with Crippen LogP contribution >= 0.6 is 0 Å². The van der Waals surface area contributed by atoms with Gasteiger partial charge in [0.2, 0.25) is 0 Å². The number of carbonyl (C=O) groups excluding carboxylic acids is 2. The molecule has 2 aromatic carbocycles. The summed E-state index contributed by atoms with van der Waals surface area (Å²) < 4.78 is 0. The van der Waals surface area contributed by atoms with E-state index in [0.29, 0.717) is 17.7 Å². The number of nitrogens with one attached hydrogen (secondary N) is 2. The zero-order chi connectivity index (χ0) is 17.5. The van der Waals surface area contributed by atoms with Crippen molar-refractivity contribution in [3.05, 3.63) is 65.2 Å². The third-order valence-electron chi connectivity index (χ3n) is 3.51. The molecule has 126 valence electrons. The molecule has 0 fully saturated rings. The fourth-order valence-corrected chi connectivity index (χ4v) is 2.22. The summed E-state index contributed by atoms with van der Waals surface area (Å²) in [5.41, 5.74) is 2.74. The maximum absolute atomic E-state index is 12.4. The van der Waals surface area contributed by atoms with E-state index >= 15 is 0 Å². The molecule has 0 saturated heterocycles. The van der Waals surface area contributed by atoms with Crippen molar-refractivity contribution in [2.24, 2.45) is 0 Å². The number of benzene rings is 2. The van der Waals surface area contributed by atoms with Crippen LogP contribution in [0.5, 0.6) is 0 Å². The van der Waals surface area contributed by atoms with Crippen LogP contribution < -0.4 is 10.6 Å². The normalized spacial score (nSPS) is 10.5. The average Bonchev–Trinajstić information content (AvgIpc) is 2.54. The Morgan fingerprint density at radius 2 is 1.62 bits per heavy atom. The van der Waals surface area contributed by atoms with Gasteiger partial charge in [-0.2, -0.15) is 0 Å². The van der Waals surface area contributed by atoms with Crippen LogP contribution in [0.25, 0.3) is 0 Å². The Morgan fingerprint density at radius 3 is 2.29 bits per heavy atom. The molecule has 24 heavy (non-hydrogen) atoms. The third kappa shape index (κ3) is 5.21. The molecule has 0 atom stereocenters. The van der Waals surface area contributed by atoms with Gasteiger partial charge >= 0.3 is 0 Å². The Balaban J connectivity index is 2.03. The van der Waals surface area contributed by atoms with Crippen LogP contribution in [-0.4, -0.2) is 43.9 Å². The Kier molecular flexibility index (Phi) is 6.09. The van der Waals surface area contributed by atoms with Crippen LogP contribution in [0.3, 0.4) is 0 Å². The highest BCUT2D eigenvalue weighted by atomic mass is 16.2. The second-order valence-electron chi connectivity index (χ2n) is 5.96. The van der Waals surface area contributed by atoms with Gasteiger partial charge in [0, 0.05) is 29.9 Å². The quantitative estimate of drug-likeness (QED) is 0.858. The molecule has 2 aromatic rings. The summed E-state index contributed by atoms with van der Waals surface area (Å²) in [5.74, 6) is -0.411. The lowest BCUT2D eigenvalue weighted by Crippen LogP contribution is -2.31. The molecule has 5 heteroatoms. The lowest BCUT2D eigenvalue weighted by atomic mass is 10.1. The second-order valence-corrected chi connectivity index (χ2v) is 5.96. The number of aryl methyl sites for hydroxylation is 1. The predicted octanol–water partition coefficient (Wildman–Crippen LogP) is 2.54. The standard InChI is InChI=1S/C19H23N3O2/c1-14-6-4-9-17(12-14)21-19(24)16-8-5-7-15(13-16)18(23)20-10-11-22(2)3/h4-9,12-13H,10-11H2,1-3H3,(H,20,23)(H,21,24). The Labute approximate surface area is 142 Å². The van der Waals surface area contributed by atoms with Crippen LogP contribution in [0.2, 0.25) is 0 Å². The molecule has 2 amide bonds. The topological polar surface area (TPSA) is 61.4 Å². The summed E-state index contributed by atoms with van der Waals surface area (Å²) in [4.78, 5) is 26.5. The molecule has 0 unspecified atom stereocenters. The number of rotatable bonds is 6. The van der Waals surface area contributed by atoms with Crippen molar-refractivity contribution in [2.75, 3.05) is 32.5 Å². The number of hydrogen-bond acceptors (Lipinski definition) is 3. The number of hydrogen-bond donors (Lipinski definition) is 2. The van der Waals surface area contributed by atoms with Crippen molar-refractivity contribution in [3.8, 4) is 0 Å². The molecule has 0 saturated carbocycles. The highest BCUT2D eigenvalue weighted by molar-refractivity contribution is 6.06. The van der Waals surface area contributed by atoms with Crippen LogP contribution in [-0.2, 0) is 0 Å². The van der Waals surface area contributed by atoms with Gasteiger partial charge in [0.05, 0.1) is 0 Å². The Morgan fingerprint density at radius 1 is 0.958 bits per heavy atom. The largest absolute Gasteiger partial charge is 0.351 e. The smallest absolute Gasteiger partial charge is 0.255 e. The molecule has 0 spiro atoms. The molecule has 0 heterocycles. The summed E-state index contributed by atoms with van der Waals surface area (Å²) in [7, 11) is 3.89. The fraction of sp³-hybridized carbons (Fsp3) is 0.263. The summed E-state index contributed by atoms with van der Waals surface area (Å²) in [6.07, 6.45) is 0. The maximum Gasteiger partial charge on any atom is 0.255 e. The summed E-state index contributed by atoms with van der Waals surface area (Å²) >= 11 is 0. The van der Waals surface area contributed by atoms with E-state index in [2.05, 4.69) is 10.6 Å². The molecular formula is C19H23N3O2. The van der Waals surface area contributed by atoms with Crippen LogP contribution in [0.15, 0.2) is 48.5 Å². The van der Waals surface area contributed by atoms with Crippen LogP contribution in [0.1, 0.15) is 26.3 Å². The highest BCUT2D eigenvalue weighted by Gasteiger charge is 2.10. The molecule has 0 aliphatic rings. The molecule has 0 bridgehead atoms. The van der Waals surface area contributed by atoms with Gasteiger partial charge in [-0.3, -0.25) is 9.59 Å². The maximum atomic E-state index is 12.4. The molecule has 0 aliphatic heterocycles. The predicted molar refractivity (Wildman–Crippen MR) is 96.5 cm³/mol. The van der Waals surface area contributed by atoms with Gasteiger partial charge in [-0.25, -0.2) is 0 Å². The fourth-order valence-electron chi connectivity index (χ4n) is 2.22. The van der Waals surface area contributed by atoms with E-state index in [1.807, 2.05) is 50.2 Å². The molecule has 5 nitrogen and oxygen atoms in total. The van der Waals surface area contributed by atoms with Crippen molar-refractivity contribution in [1.29, 1.82) is 0 Å². The van der Waals surface area contributed by atoms with Gasteiger partial charge in [0.15, 0.2) is 0 Å². The van der Waals surface area contributed by atoms with Gasteiger partial charge in [-0.1, -0.05) is 18.2 Å². The van der Waals surface area contributed by atoms with Crippen LogP contribution in [0, 0.1) is 6.92 Å². The molecule has 0 aliphatic carbocycles. The van der Waals surface area contributed by atoms with Crippen molar-refractivity contribution >= 4 is 17.5 Å². The van der Waals surface area contributed by atoms with E-state index in [1.165, 1.54) is 0 Å². The van der Waals surface area contributed by atoms with E-state index in [9.17, 15) is 9.59 Å². The van der Waals surface area contributed by atoms with E-state index in [0.717, 1.165) is 17.8 Å². The zero-order valence-corrected chi connectivity index (χ0v) is 14.3. The van der Waals surface area contributed by atoms with Gasteiger partial charge in [0.1, 0.15) is 0 Å². The Hall–Kier alpha value is -2.66. The van der Waals surface area contributed by atoms with Gasteiger partial charge in [0.25, 0.3) is 11.8 Å². The van der Waals surface area contributed by atoms with Gasteiger partial charge in [-0.15, -0.1) is 0 Å². The van der Waals surface area contributed by atoms with E-state index in [1.54, 1.807) is 24.3 Å². The van der Waals surface area contributed by atoms with E-state index in [4.69, 9.17) is 0 Å². The lowest BCUT2D eigenvalue weighted by Gasteiger charge is -2.11. The van der Waals surface area contributed by atoms with Crippen LogP contribution in [0.4, 0.5) is 5.69 Å². The minimum absolute atomic E-state index is 0.179. The number of anilines is 1. The first-order valence-corrected chi connectivity index (χ1v) is 7.87. The number of carbonyl (C=O) groups is 2. The van der Waals surface area contributed by atoms with Crippen molar-refractivity contribution in [1.82, 2.24) is 10.2 Å². The summed E-state index contributed by atoms with van der Waals surface area (Å²) in [6, 6.07) is 14.3. The second kappa shape index (κ2) is 8.26. The average molecular weight is 325 g/mol. The Bertz CT molecular complexity index is 726. The minimum atomic E-state index is -0.233.